The molecule has 38 heavy (non-hydrogen) atoms. The first-order valence-electron chi connectivity index (χ1n) is 11.6. The Morgan fingerprint density at radius 2 is 1.03 bits per heavy atom. The van der Waals surface area contributed by atoms with Crippen molar-refractivity contribution >= 4 is 25.1 Å². The number of benzene rings is 4. The van der Waals surface area contributed by atoms with E-state index in [1.54, 1.807) is 30.3 Å². The summed E-state index contributed by atoms with van der Waals surface area (Å²) < 4.78 is 83.0. The Balaban J connectivity index is 1.88. The molecule has 0 bridgehead atoms. The van der Waals surface area contributed by atoms with Gasteiger partial charge in [-0.3, -0.25) is 0 Å². The molecule has 0 heterocycles. The Kier molecular flexibility index (Phi) is 8.21. The first kappa shape index (κ1) is 27.8. The van der Waals surface area contributed by atoms with Crippen LogP contribution in [0.25, 0.3) is 0 Å². The average molecular weight is 594 g/mol. The minimum absolute atomic E-state index is 0.193. The molecule has 4 rings (SSSR count). The van der Waals surface area contributed by atoms with Crippen LogP contribution in [0.3, 0.4) is 0 Å². The maximum absolute atomic E-state index is 13.9. The van der Waals surface area contributed by atoms with Crippen molar-refractivity contribution < 1.29 is 31.4 Å². The van der Waals surface area contributed by atoms with Gasteiger partial charge in [0.2, 0.25) is 0 Å². The van der Waals surface area contributed by atoms with Gasteiger partial charge in [0.25, 0.3) is 0 Å². The first-order chi connectivity index (χ1) is 18.0. The van der Waals surface area contributed by atoms with Gasteiger partial charge in [-0.25, -0.2) is 0 Å². The van der Waals surface area contributed by atoms with Crippen LogP contribution in [0.15, 0.2) is 115 Å². The van der Waals surface area contributed by atoms with Gasteiger partial charge in [0.15, 0.2) is 0 Å². The van der Waals surface area contributed by atoms with Crippen LogP contribution in [-0.4, -0.2) is 32.4 Å². The van der Waals surface area contributed by atoms with Gasteiger partial charge in [-0.1, -0.05) is 0 Å². The zero-order valence-corrected chi connectivity index (χ0v) is 21.5. The molecular weight excluding hydrogens is 571 g/mol. The second-order valence-corrected chi connectivity index (χ2v) is 11.0. The van der Waals surface area contributed by atoms with Crippen molar-refractivity contribution in [3.05, 3.63) is 132 Å². The fourth-order valence-electron chi connectivity index (χ4n) is 4.15. The number of alkyl halides is 6. The number of hydrogen-bond acceptors (Lipinski definition) is 2. The van der Waals surface area contributed by atoms with E-state index in [2.05, 4.69) is 5.32 Å². The van der Waals surface area contributed by atoms with Gasteiger partial charge < -0.3 is 0 Å². The van der Waals surface area contributed by atoms with Gasteiger partial charge in [-0.2, -0.15) is 0 Å². The fourth-order valence-corrected chi connectivity index (χ4v) is 7.15. The molecule has 0 aliphatic rings. The topological polar surface area (TPSA) is 32.3 Å². The zero-order chi connectivity index (χ0) is 27.4. The molecule has 0 spiro atoms. The number of para-hydroxylation sites is 1. The van der Waals surface area contributed by atoms with Crippen molar-refractivity contribution in [3.8, 4) is 0 Å². The van der Waals surface area contributed by atoms with E-state index in [0.29, 0.717) is 6.07 Å². The molecule has 0 fully saturated rings. The third-order valence-electron chi connectivity index (χ3n) is 6.04. The van der Waals surface area contributed by atoms with Crippen molar-refractivity contribution in [2.75, 3.05) is 5.32 Å². The van der Waals surface area contributed by atoms with Crippen LogP contribution in [0.1, 0.15) is 27.5 Å². The quantitative estimate of drug-likeness (QED) is 0.172. The van der Waals surface area contributed by atoms with Gasteiger partial charge in [-0.15, -0.1) is 0 Å². The first-order valence-corrected chi connectivity index (χ1v) is 13.4. The summed E-state index contributed by atoms with van der Waals surface area (Å²) in [4.78, 5) is -0.543. The van der Waals surface area contributed by atoms with E-state index >= 15 is 0 Å². The number of anilines is 1. The third-order valence-corrected chi connectivity index (χ3v) is 8.99. The van der Waals surface area contributed by atoms with Crippen molar-refractivity contribution in [1.82, 2.24) is 0 Å². The van der Waals surface area contributed by atoms with Gasteiger partial charge in [0.1, 0.15) is 0 Å². The number of hydrogen-bond donors (Lipinski definition) is 2. The molecular formula is C29H23F6NOSe. The van der Waals surface area contributed by atoms with E-state index in [9.17, 15) is 31.4 Å². The Bertz CT molecular complexity index is 1300. The molecule has 2 N–H and O–H groups in total. The van der Waals surface area contributed by atoms with Gasteiger partial charge >= 0.3 is 223 Å². The molecule has 0 amide bonds. The molecule has 0 aliphatic carbocycles. The summed E-state index contributed by atoms with van der Waals surface area (Å²) in [6.45, 7) is 0. The number of halogens is 6. The molecule has 198 valence electrons. The molecule has 4 aromatic rings. The summed E-state index contributed by atoms with van der Waals surface area (Å²) in [5.74, 6) is 0. The van der Waals surface area contributed by atoms with E-state index in [4.69, 9.17) is 0 Å². The van der Waals surface area contributed by atoms with E-state index < -0.39 is 49.3 Å². The van der Waals surface area contributed by atoms with Crippen LogP contribution in [0.4, 0.5) is 32.0 Å². The molecule has 0 aliphatic heterocycles. The van der Waals surface area contributed by atoms with Crippen molar-refractivity contribution in [1.29, 1.82) is 0 Å². The molecule has 0 aromatic heterocycles. The molecule has 4 aromatic carbocycles. The van der Waals surface area contributed by atoms with Gasteiger partial charge in [-0.05, 0) is 0 Å². The molecule has 0 radical (unpaired) electrons. The molecule has 2 atom stereocenters. The summed E-state index contributed by atoms with van der Waals surface area (Å²) in [7, 11) is 0. The van der Waals surface area contributed by atoms with Crippen LogP contribution in [0, 0.1) is 0 Å². The van der Waals surface area contributed by atoms with Crippen LogP contribution in [0.2, 0.25) is 0 Å². The molecule has 0 saturated heterocycles. The summed E-state index contributed by atoms with van der Waals surface area (Å²) in [6, 6.07) is 31.2. The molecule has 9 heteroatoms. The minimum atomic E-state index is -5.97. The second kappa shape index (κ2) is 11.2. The number of aliphatic hydroxyl groups is 1. The molecule has 0 saturated carbocycles. The fraction of sp³-hybridized carbons (Fsp3) is 0.172. The van der Waals surface area contributed by atoms with E-state index in [0.717, 1.165) is 22.9 Å². The number of rotatable bonds is 8. The second-order valence-electron chi connectivity index (χ2n) is 8.55. The Labute approximate surface area is 222 Å². The normalized spacial score (nSPS) is 14.1. The standard InChI is InChI=1S/C29H23F6NOSe/c30-28(31,32)27(37,29(33,34)35)23-18-10-11-19-24(23)38-26(21-14-6-2-7-15-21)25(20-12-4-1-5-13-20)36-22-16-8-3-9-17-22/h1-19,25-26,36-37H. The predicted molar refractivity (Wildman–Crippen MR) is 136 cm³/mol. The van der Waals surface area contributed by atoms with Crippen LogP contribution in [0.5, 0.6) is 0 Å². The summed E-state index contributed by atoms with van der Waals surface area (Å²) in [5.41, 5.74) is -3.91. The SMILES string of the molecule is OC(c1ccccc1[Se]C(c1ccccc1)C(Nc1ccccc1)c1ccccc1)(C(F)(F)F)C(F)(F)F. The van der Waals surface area contributed by atoms with Crippen LogP contribution in [-0.2, 0) is 5.60 Å². The van der Waals surface area contributed by atoms with E-state index in [1.165, 1.54) is 12.1 Å². The van der Waals surface area contributed by atoms with Gasteiger partial charge in [0.05, 0.1) is 0 Å². The van der Waals surface area contributed by atoms with Crippen molar-refractivity contribution in [2.24, 2.45) is 0 Å². The van der Waals surface area contributed by atoms with E-state index in [-0.39, 0.29) is 4.46 Å². The van der Waals surface area contributed by atoms with E-state index in [1.807, 2.05) is 60.7 Å². The Hall–Kier alpha value is -3.26. The molecule has 2 unspecified atom stereocenters. The number of nitrogens with one attached hydrogen (secondary N) is 1. The predicted octanol–water partition coefficient (Wildman–Crippen LogP) is 6.92. The maximum atomic E-state index is 13.9. The van der Waals surface area contributed by atoms with Crippen LogP contribution < -0.4 is 9.78 Å². The summed E-state index contributed by atoms with van der Waals surface area (Å²) in [6.07, 6.45) is -11.9. The Morgan fingerprint density at radius 3 is 1.55 bits per heavy atom. The van der Waals surface area contributed by atoms with Gasteiger partial charge in [0, 0.05) is 0 Å². The van der Waals surface area contributed by atoms with Crippen molar-refractivity contribution in [3.63, 3.8) is 0 Å². The van der Waals surface area contributed by atoms with Crippen LogP contribution >= 0.6 is 0 Å². The average Bonchev–Trinajstić information content (AvgIpc) is 2.91. The zero-order valence-electron chi connectivity index (χ0n) is 19.7. The third kappa shape index (κ3) is 5.75. The summed E-state index contributed by atoms with van der Waals surface area (Å²) in [5, 5.41) is 13.7. The summed E-state index contributed by atoms with van der Waals surface area (Å²) >= 11 is -0.995. The monoisotopic (exact) mass is 595 g/mol. The Morgan fingerprint density at radius 1 is 0.579 bits per heavy atom. The van der Waals surface area contributed by atoms with Crippen molar-refractivity contribution in [2.45, 2.75) is 28.8 Å². The molecule has 2 nitrogen and oxygen atoms in total.